The number of nitrogens with one attached hydrogen (secondary N) is 4. The predicted molar refractivity (Wildman–Crippen MR) is 156 cm³/mol. The van der Waals surface area contributed by atoms with E-state index in [2.05, 4.69) is 26.3 Å². The molecule has 11 nitrogen and oxygen atoms in total. The molecule has 3 heterocycles. The van der Waals surface area contributed by atoms with Crippen LogP contribution in [0.15, 0.2) is 12.3 Å². The van der Waals surface area contributed by atoms with Crippen LogP contribution in [0.25, 0.3) is 20.8 Å². The highest BCUT2D eigenvalue weighted by molar-refractivity contribution is 7.21. The van der Waals surface area contributed by atoms with Gasteiger partial charge in [-0.3, -0.25) is 4.98 Å². The van der Waals surface area contributed by atoms with Crippen molar-refractivity contribution >= 4 is 39.4 Å². The number of anilines is 2. The first-order chi connectivity index (χ1) is 19.1. The van der Waals surface area contributed by atoms with Crippen LogP contribution in [0.1, 0.15) is 70.2 Å². The van der Waals surface area contributed by atoms with Crippen LogP contribution in [0.5, 0.6) is 0 Å². The van der Waals surface area contributed by atoms with Crippen LogP contribution in [0, 0.1) is 12.8 Å². The topological polar surface area (TPSA) is 157 Å². The molecule has 0 radical (unpaired) electrons. The SMILES string of the molecule is Cc1nc(NCC2CC2)nc(N[C@@H]2C[C@H](NC(=O)NC(C)(C)C)[C@@H](O)[C@H]2O)c1-c1nc2c(C3CC3)nccc2s1. The van der Waals surface area contributed by atoms with E-state index in [4.69, 9.17) is 15.0 Å². The lowest BCUT2D eigenvalue weighted by molar-refractivity contribution is 0.0280. The van der Waals surface area contributed by atoms with E-state index in [1.165, 1.54) is 12.8 Å². The molecule has 214 valence electrons. The van der Waals surface area contributed by atoms with Gasteiger partial charge in [0.2, 0.25) is 5.95 Å². The second-order valence-corrected chi connectivity index (χ2v) is 13.5. The minimum atomic E-state index is -1.13. The third-order valence-electron chi connectivity index (χ3n) is 7.66. The monoisotopic (exact) mass is 566 g/mol. The summed E-state index contributed by atoms with van der Waals surface area (Å²) in [4.78, 5) is 31.7. The average Bonchev–Trinajstić information content (AvgIpc) is 3.80. The molecule has 0 saturated heterocycles. The van der Waals surface area contributed by atoms with Crippen molar-refractivity contribution in [2.75, 3.05) is 17.2 Å². The van der Waals surface area contributed by atoms with Crippen molar-refractivity contribution in [1.82, 2.24) is 30.6 Å². The Morgan fingerprint density at radius 3 is 2.52 bits per heavy atom. The first kappa shape index (κ1) is 27.1. The zero-order chi connectivity index (χ0) is 28.2. The Balaban J connectivity index is 1.30. The molecule has 0 aliphatic heterocycles. The highest BCUT2D eigenvalue weighted by Crippen LogP contribution is 2.44. The lowest BCUT2D eigenvalue weighted by atomic mass is 10.1. The summed E-state index contributed by atoms with van der Waals surface area (Å²) >= 11 is 1.58. The Hall–Kier alpha value is -3.09. The van der Waals surface area contributed by atoms with E-state index in [0.29, 0.717) is 30.0 Å². The molecule has 0 unspecified atom stereocenters. The number of aryl methyl sites for hydroxylation is 1. The van der Waals surface area contributed by atoms with Gasteiger partial charge in [0.25, 0.3) is 0 Å². The summed E-state index contributed by atoms with van der Waals surface area (Å²) in [5.74, 6) is 2.18. The van der Waals surface area contributed by atoms with Crippen LogP contribution in [0.2, 0.25) is 0 Å². The summed E-state index contributed by atoms with van der Waals surface area (Å²) in [6.45, 7) is 8.41. The predicted octanol–water partition coefficient (Wildman–Crippen LogP) is 3.53. The standard InChI is InChI=1S/C28H38N8O3S/c1-13-19(25-34-21-18(40-25)9-10-29-20(21)15-7-8-15)24(35-26(31-13)30-12-14-5-6-14)32-16-11-17(23(38)22(16)37)33-27(39)36-28(2,3)4/h9-10,14-17,22-23,37-38H,5-8,11-12H2,1-4H3,(H2,33,36,39)(H2,30,31,32,35)/t16-,17+,22+,23-/m1/s1. The maximum atomic E-state index is 12.5. The first-order valence-electron chi connectivity index (χ1n) is 14.2. The van der Waals surface area contributed by atoms with Gasteiger partial charge < -0.3 is 31.5 Å². The van der Waals surface area contributed by atoms with Gasteiger partial charge in [0.05, 0.1) is 33.7 Å². The van der Waals surface area contributed by atoms with Crippen molar-refractivity contribution in [1.29, 1.82) is 0 Å². The number of thiazole rings is 1. The van der Waals surface area contributed by atoms with Crippen LogP contribution in [-0.4, -0.2) is 72.6 Å². The van der Waals surface area contributed by atoms with E-state index in [1.807, 2.05) is 40.0 Å². The second kappa shape index (κ2) is 10.4. The van der Waals surface area contributed by atoms with Crippen LogP contribution in [-0.2, 0) is 0 Å². The van der Waals surface area contributed by atoms with E-state index in [9.17, 15) is 15.0 Å². The summed E-state index contributed by atoms with van der Waals surface area (Å²) in [7, 11) is 0. The summed E-state index contributed by atoms with van der Waals surface area (Å²) < 4.78 is 1.07. The minimum Gasteiger partial charge on any atom is -0.388 e. The molecule has 3 aromatic heterocycles. The molecule has 4 atom stereocenters. The van der Waals surface area contributed by atoms with E-state index >= 15 is 0 Å². The van der Waals surface area contributed by atoms with Crippen molar-refractivity contribution in [3.8, 4) is 10.6 Å². The number of amides is 2. The highest BCUT2D eigenvalue weighted by Gasteiger charge is 2.43. The van der Waals surface area contributed by atoms with Gasteiger partial charge in [-0.15, -0.1) is 11.3 Å². The fourth-order valence-electron chi connectivity index (χ4n) is 5.25. The van der Waals surface area contributed by atoms with E-state index in [1.54, 1.807) is 11.3 Å². The number of carbonyl (C=O) groups is 1. The average molecular weight is 567 g/mol. The third-order valence-corrected chi connectivity index (χ3v) is 8.70. The van der Waals surface area contributed by atoms with Crippen LogP contribution < -0.4 is 21.3 Å². The molecule has 3 saturated carbocycles. The molecule has 0 bridgehead atoms. The number of carbonyl (C=O) groups excluding carboxylic acids is 1. The quantitative estimate of drug-likeness (QED) is 0.240. The van der Waals surface area contributed by atoms with Gasteiger partial charge in [-0.2, -0.15) is 4.98 Å². The molecule has 3 aliphatic carbocycles. The minimum absolute atomic E-state index is 0.322. The number of hydrogen-bond acceptors (Lipinski definition) is 10. The lowest BCUT2D eigenvalue weighted by Crippen LogP contribution is -2.52. The van der Waals surface area contributed by atoms with Crippen LogP contribution >= 0.6 is 11.3 Å². The molecule has 40 heavy (non-hydrogen) atoms. The molecule has 3 aliphatic rings. The summed E-state index contributed by atoms with van der Waals surface area (Å²) in [6, 6.07) is 0.442. The highest BCUT2D eigenvalue weighted by atomic mass is 32.1. The van der Waals surface area contributed by atoms with Crippen molar-refractivity contribution in [2.45, 2.75) is 95.5 Å². The van der Waals surface area contributed by atoms with Gasteiger partial charge in [-0.05, 0) is 71.8 Å². The Bertz CT molecular complexity index is 1410. The van der Waals surface area contributed by atoms with Gasteiger partial charge in [0.15, 0.2) is 0 Å². The van der Waals surface area contributed by atoms with Crippen molar-refractivity contribution in [3.63, 3.8) is 0 Å². The number of nitrogens with zero attached hydrogens (tertiary/aromatic N) is 4. The van der Waals surface area contributed by atoms with Crippen molar-refractivity contribution in [2.24, 2.45) is 5.92 Å². The molecule has 3 fully saturated rings. The molecule has 0 spiro atoms. The normalized spacial score (nSPS) is 24.8. The van der Waals surface area contributed by atoms with Gasteiger partial charge in [0, 0.05) is 24.2 Å². The summed E-state index contributed by atoms with van der Waals surface area (Å²) in [6.07, 6.45) is 4.64. The second-order valence-electron chi connectivity index (χ2n) is 12.4. The summed E-state index contributed by atoms with van der Waals surface area (Å²) in [5, 5.41) is 35.0. The van der Waals surface area contributed by atoms with Gasteiger partial charge >= 0.3 is 6.03 Å². The number of hydrogen-bond donors (Lipinski definition) is 6. The molecular weight excluding hydrogens is 528 g/mol. The largest absolute Gasteiger partial charge is 0.388 e. The van der Waals surface area contributed by atoms with E-state index < -0.39 is 29.8 Å². The number of aromatic nitrogens is 4. The fraction of sp³-hybridized carbons (Fsp3) is 0.607. The molecule has 6 rings (SSSR count). The molecule has 0 aromatic carbocycles. The Labute approximate surface area is 237 Å². The third kappa shape index (κ3) is 5.84. The summed E-state index contributed by atoms with van der Waals surface area (Å²) in [5.41, 5.74) is 3.09. The van der Waals surface area contributed by atoms with Crippen LogP contribution in [0.3, 0.4) is 0 Å². The zero-order valence-corrected chi connectivity index (χ0v) is 24.2. The Kier molecular flexibility index (Phi) is 7.04. The smallest absolute Gasteiger partial charge is 0.315 e. The molecule has 6 N–H and O–H groups in total. The van der Waals surface area contributed by atoms with E-state index in [0.717, 1.165) is 51.6 Å². The van der Waals surface area contributed by atoms with Crippen molar-refractivity contribution in [3.05, 3.63) is 23.7 Å². The van der Waals surface area contributed by atoms with Gasteiger partial charge in [-0.25, -0.2) is 14.8 Å². The number of pyridine rings is 1. The van der Waals surface area contributed by atoms with Crippen LogP contribution in [0.4, 0.5) is 16.6 Å². The lowest BCUT2D eigenvalue weighted by Gasteiger charge is -2.24. The zero-order valence-electron chi connectivity index (χ0n) is 23.4. The molecule has 12 heteroatoms. The number of aliphatic hydroxyl groups is 2. The number of urea groups is 1. The van der Waals surface area contributed by atoms with E-state index in [-0.39, 0.29) is 6.03 Å². The maximum Gasteiger partial charge on any atom is 0.315 e. The van der Waals surface area contributed by atoms with Gasteiger partial charge in [0.1, 0.15) is 28.6 Å². The van der Waals surface area contributed by atoms with Crippen molar-refractivity contribution < 1.29 is 15.0 Å². The Morgan fingerprint density at radius 2 is 1.82 bits per heavy atom. The number of rotatable bonds is 8. The Morgan fingerprint density at radius 1 is 1.07 bits per heavy atom. The fourth-order valence-corrected chi connectivity index (χ4v) is 6.31. The molecular formula is C28H38N8O3S. The first-order valence-corrected chi connectivity index (χ1v) is 15.0. The molecule has 2 amide bonds. The number of aliphatic hydroxyl groups excluding tert-OH is 2. The van der Waals surface area contributed by atoms with Gasteiger partial charge in [-0.1, -0.05) is 0 Å². The molecule has 3 aromatic rings. The maximum absolute atomic E-state index is 12.5. The number of fused-ring (bicyclic) bond motifs is 1.